The molecule has 0 radical (unpaired) electrons. The Kier molecular flexibility index (Phi) is 6.48. The van der Waals surface area contributed by atoms with E-state index < -0.39 is 0 Å². The van der Waals surface area contributed by atoms with Crippen LogP contribution in [0, 0.1) is 0 Å². The van der Waals surface area contributed by atoms with Gasteiger partial charge in [-0.3, -0.25) is 4.79 Å². The second-order valence-corrected chi connectivity index (χ2v) is 7.66. The number of aryl methyl sites for hydroxylation is 1. The SMILES string of the molecule is CCc1csc([C@H](Cc2ccc(N)cc2)NC(=O)Cc2ccccc2Cl)n1. The zero-order valence-electron chi connectivity index (χ0n) is 15.1. The average Bonchev–Trinajstić information content (AvgIpc) is 3.14. The molecule has 0 saturated carbocycles. The first-order valence-corrected chi connectivity index (χ1v) is 10.1. The number of nitrogens with zero attached hydrogens (tertiary/aromatic N) is 1. The van der Waals surface area contributed by atoms with Gasteiger partial charge < -0.3 is 11.1 Å². The number of nitrogen functional groups attached to an aromatic ring is 1. The molecule has 140 valence electrons. The Morgan fingerprint density at radius 1 is 1.22 bits per heavy atom. The van der Waals surface area contributed by atoms with E-state index in [1.54, 1.807) is 17.4 Å². The molecule has 0 spiro atoms. The largest absolute Gasteiger partial charge is 0.399 e. The van der Waals surface area contributed by atoms with Crippen molar-refractivity contribution in [3.8, 4) is 0 Å². The van der Waals surface area contributed by atoms with Gasteiger partial charge in [-0.15, -0.1) is 11.3 Å². The zero-order valence-corrected chi connectivity index (χ0v) is 16.7. The summed E-state index contributed by atoms with van der Waals surface area (Å²) in [6.45, 7) is 2.07. The number of benzene rings is 2. The molecule has 1 amide bonds. The second kappa shape index (κ2) is 9.02. The lowest BCUT2D eigenvalue weighted by molar-refractivity contribution is -0.121. The van der Waals surface area contributed by atoms with Gasteiger partial charge in [0.1, 0.15) is 5.01 Å². The Labute approximate surface area is 168 Å². The molecule has 0 unspecified atom stereocenters. The summed E-state index contributed by atoms with van der Waals surface area (Å²) in [6.07, 6.45) is 1.77. The molecule has 0 bridgehead atoms. The molecule has 0 fully saturated rings. The van der Waals surface area contributed by atoms with Crippen molar-refractivity contribution in [2.75, 3.05) is 5.73 Å². The predicted octanol–water partition coefficient (Wildman–Crippen LogP) is 4.58. The van der Waals surface area contributed by atoms with Gasteiger partial charge in [0.05, 0.1) is 18.2 Å². The van der Waals surface area contributed by atoms with Crippen molar-refractivity contribution in [1.29, 1.82) is 0 Å². The van der Waals surface area contributed by atoms with E-state index in [1.165, 1.54) is 0 Å². The lowest BCUT2D eigenvalue weighted by Gasteiger charge is -2.17. The molecule has 1 aromatic heterocycles. The van der Waals surface area contributed by atoms with Gasteiger partial charge in [-0.1, -0.05) is 48.9 Å². The van der Waals surface area contributed by atoms with Crippen LogP contribution in [0.5, 0.6) is 0 Å². The van der Waals surface area contributed by atoms with Gasteiger partial charge in [0.15, 0.2) is 0 Å². The summed E-state index contributed by atoms with van der Waals surface area (Å²) in [6, 6.07) is 14.9. The molecular formula is C21H22ClN3OS. The van der Waals surface area contributed by atoms with Crippen LogP contribution in [0.15, 0.2) is 53.9 Å². The number of thiazole rings is 1. The minimum absolute atomic E-state index is 0.0724. The average molecular weight is 400 g/mol. The van der Waals surface area contributed by atoms with E-state index in [1.807, 2.05) is 47.8 Å². The van der Waals surface area contributed by atoms with Crippen molar-refractivity contribution in [1.82, 2.24) is 10.3 Å². The molecule has 0 aliphatic heterocycles. The normalized spacial score (nSPS) is 11.9. The van der Waals surface area contributed by atoms with Gasteiger partial charge in [0.25, 0.3) is 0 Å². The Bertz CT molecular complexity index is 908. The third-order valence-corrected chi connectivity index (χ3v) is 5.67. The number of rotatable bonds is 7. The van der Waals surface area contributed by atoms with Crippen LogP contribution in [0.3, 0.4) is 0 Å². The van der Waals surface area contributed by atoms with E-state index in [2.05, 4.69) is 17.2 Å². The number of anilines is 1. The van der Waals surface area contributed by atoms with Crippen molar-refractivity contribution in [3.05, 3.63) is 80.8 Å². The lowest BCUT2D eigenvalue weighted by atomic mass is 10.0. The quantitative estimate of drug-likeness (QED) is 0.571. The Balaban J connectivity index is 1.77. The van der Waals surface area contributed by atoms with E-state index in [-0.39, 0.29) is 18.4 Å². The van der Waals surface area contributed by atoms with Crippen LogP contribution in [-0.4, -0.2) is 10.9 Å². The summed E-state index contributed by atoms with van der Waals surface area (Å²) < 4.78 is 0. The second-order valence-electron chi connectivity index (χ2n) is 6.36. The smallest absolute Gasteiger partial charge is 0.225 e. The van der Waals surface area contributed by atoms with Crippen LogP contribution in [0.25, 0.3) is 0 Å². The molecule has 4 nitrogen and oxygen atoms in total. The third-order valence-electron chi connectivity index (χ3n) is 4.29. The summed E-state index contributed by atoms with van der Waals surface area (Å²) in [5.41, 5.74) is 9.45. The van der Waals surface area contributed by atoms with Crippen molar-refractivity contribution >= 4 is 34.5 Å². The van der Waals surface area contributed by atoms with Crippen LogP contribution in [0.2, 0.25) is 5.02 Å². The molecule has 6 heteroatoms. The first kappa shape index (κ1) is 19.4. The summed E-state index contributed by atoms with van der Waals surface area (Å²) in [7, 11) is 0. The van der Waals surface area contributed by atoms with Crippen LogP contribution in [0.1, 0.15) is 34.8 Å². The summed E-state index contributed by atoms with van der Waals surface area (Å²) in [5, 5.41) is 6.69. The molecule has 3 rings (SSSR count). The first-order chi connectivity index (χ1) is 13.0. The fourth-order valence-electron chi connectivity index (χ4n) is 2.79. The molecular weight excluding hydrogens is 378 g/mol. The standard InChI is InChI=1S/C21H22ClN3OS/c1-2-17-13-27-21(24-17)19(11-14-7-9-16(23)10-8-14)25-20(26)12-15-5-3-4-6-18(15)22/h3-10,13,19H,2,11-12,23H2,1H3,(H,25,26)/t19-/m0/s1. The van der Waals surface area contributed by atoms with Crippen molar-refractivity contribution in [2.24, 2.45) is 0 Å². The van der Waals surface area contributed by atoms with Gasteiger partial charge in [0, 0.05) is 16.1 Å². The van der Waals surface area contributed by atoms with E-state index in [4.69, 9.17) is 17.3 Å². The van der Waals surface area contributed by atoms with E-state index >= 15 is 0 Å². The number of hydrogen-bond donors (Lipinski definition) is 2. The Morgan fingerprint density at radius 2 is 1.96 bits per heavy atom. The number of aromatic nitrogens is 1. The van der Waals surface area contributed by atoms with Gasteiger partial charge in [-0.25, -0.2) is 4.98 Å². The van der Waals surface area contributed by atoms with Gasteiger partial charge in [0.2, 0.25) is 5.91 Å². The van der Waals surface area contributed by atoms with Crippen molar-refractivity contribution in [2.45, 2.75) is 32.2 Å². The van der Waals surface area contributed by atoms with Gasteiger partial charge in [-0.2, -0.15) is 0 Å². The van der Waals surface area contributed by atoms with Crippen molar-refractivity contribution < 1.29 is 4.79 Å². The molecule has 0 saturated heterocycles. The van der Waals surface area contributed by atoms with Crippen LogP contribution in [0.4, 0.5) is 5.69 Å². The van der Waals surface area contributed by atoms with Crippen LogP contribution >= 0.6 is 22.9 Å². The molecule has 1 atom stereocenters. The minimum atomic E-state index is -0.186. The van der Waals surface area contributed by atoms with Crippen molar-refractivity contribution in [3.63, 3.8) is 0 Å². The maximum absolute atomic E-state index is 12.7. The number of halogens is 1. The molecule has 0 aliphatic rings. The Morgan fingerprint density at radius 3 is 2.63 bits per heavy atom. The van der Waals surface area contributed by atoms with Crippen LogP contribution in [-0.2, 0) is 24.1 Å². The maximum atomic E-state index is 12.7. The van der Waals surface area contributed by atoms with Gasteiger partial charge >= 0.3 is 0 Å². The summed E-state index contributed by atoms with van der Waals surface area (Å²) >= 11 is 7.77. The van der Waals surface area contributed by atoms with E-state index in [0.717, 1.165) is 33.9 Å². The maximum Gasteiger partial charge on any atom is 0.225 e. The molecule has 3 aromatic rings. The molecule has 3 N–H and O–H groups in total. The number of amides is 1. The van der Waals surface area contributed by atoms with Crippen LogP contribution < -0.4 is 11.1 Å². The van der Waals surface area contributed by atoms with E-state index in [9.17, 15) is 4.79 Å². The minimum Gasteiger partial charge on any atom is -0.399 e. The first-order valence-electron chi connectivity index (χ1n) is 8.86. The topological polar surface area (TPSA) is 68.0 Å². The Hall–Kier alpha value is -2.37. The number of carbonyl (C=O) groups is 1. The van der Waals surface area contributed by atoms with Gasteiger partial charge in [-0.05, 0) is 42.2 Å². The number of hydrogen-bond acceptors (Lipinski definition) is 4. The number of nitrogens with one attached hydrogen (secondary N) is 1. The highest BCUT2D eigenvalue weighted by atomic mass is 35.5. The summed E-state index contributed by atoms with van der Waals surface area (Å²) in [5.74, 6) is -0.0724. The fourth-order valence-corrected chi connectivity index (χ4v) is 3.95. The third kappa shape index (κ3) is 5.31. The zero-order chi connectivity index (χ0) is 19.2. The lowest BCUT2D eigenvalue weighted by Crippen LogP contribution is -2.31. The molecule has 2 aromatic carbocycles. The highest BCUT2D eigenvalue weighted by Gasteiger charge is 2.19. The number of carbonyl (C=O) groups excluding carboxylic acids is 1. The van der Waals surface area contributed by atoms with E-state index in [0.29, 0.717) is 11.4 Å². The molecule has 1 heterocycles. The highest BCUT2D eigenvalue weighted by molar-refractivity contribution is 7.09. The fraction of sp³-hybridized carbons (Fsp3) is 0.238. The highest BCUT2D eigenvalue weighted by Crippen LogP contribution is 2.24. The molecule has 0 aliphatic carbocycles. The summed E-state index contributed by atoms with van der Waals surface area (Å²) in [4.78, 5) is 17.3. The predicted molar refractivity (Wildman–Crippen MR) is 112 cm³/mol. The molecule has 27 heavy (non-hydrogen) atoms. The monoisotopic (exact) mass is 399 g/mol. The number of nitrogens with two attached hydrogens (primary N) is 1.